The van der Waals surface area contributed by atoms with E-state index in [2.05, 4.69) is 69.6 Å². The average Bonchev–Trinajstić information content (AvgIpc) is 3.08. The average molecular weight is 657 g/mol. The molecular weight excluding hydrogens is 612 g/mol. The lowest BCUT2D eigenvalue weighted by Gasteiger charge is -2.49. The zero-order valence-corrected chi connectivity index (χ0v) is 27.6. The topological polar surface area (TPSA) is 54.5 Å². The Morgan fingerprint density at radius 2 is 1.59 bits per heavy atom. The van der Waals surface area contributed by atoms with Crippen molar-refractivity contribution < 1.29 is 14.1 Å². The van der Waals surface area contributed by atoms with Crippen LogP contribution in [0, 0.1) is 0 Å². The Labute approximate surface area is 270 Å². The van der Waals surface area contributed by atoms with Crippen molar-refractivity contribution in [2.45, 2.75) is 64.5 Å². The molecule has 3 heterocycles. The van der Waals surface area contributed by atoms with Gasteiger partial charge in [0.15, 0.2) is 0 Å². The zero-order chi connectivity index (χ0) is 30.5. The number of methoxy groups -OCH3 is 1. The Balaban J connectivity index is 1.58. The van der Waals surface area contributed by atoms with Crippen molar-refractivity contribution in [1.29, 1.82) is 0 Å². The molecule has 4 aromatic rings. The van der Waals surface area contributed by atoms with Crippen LogP contribution in [0.25, 0.3) is 22.2 Å². The first-order chi connectivity index (χ1) is 21.5. The highest BCUT2D eigenvalue weighted by molar-refractivity contribution is 9.10. The molecule has 1 aromatic heterocycles. The summed E-state index contributed by atoms with van der Waals surface area (Å²) in [6, 6.07) is 24.6. The van der Waals surface area contributed by atoms with Gasteiger partial charge in [-0.2, -0.15) is 5.01 Å². The molecule has 2 fully saturated rings. The maximum Gasteiger partial charge on any atom is 0.253 e. The molecule has 44 heavy (non-hydrogen) atoms. The second-order valence-electron chi connectivity index (χ2n) is 12.3. The highest BCUT2D eigenvalue weighted by Crippen LogP contribution is 2.40. The predicted octanol–water partition coefficient (Wildman–Crippen LogP) is 8.46. The van der Waals surface area contributed by atoms with Gasteiger partial charge in [0, 0.05) is 29.6 Å². The molecule has 0 saturated carbocycles. The fraction of sp³-hybridized carbons (Fsp3) is 0.405. The van der Waals surface area contributed by atoms with E-state index in [0.29, 0.717) is 5.75 Å². The summed E-state index contributed by atoms with van der Waals surface area (Å²) in [5, 5.41) is 7.02. The minimum absolute atomic E-state index is 0.0499. The monoisotopic (exact) mass is 655 g/mol. The lowest BCUT2D eigenvalue weighted by atomic mass is 9.93. The van der Waals surface area contributed by atoms with Gasteiger partial charge in [0.2, 0.25) is 0 Å². The fourth-order valence-electron chi connectivity index (χ4n) is 7.30. The number of pyridine rings is 1. The zero-order valence-electron chi connectivity index (χ0n) is 26.0. The quantitative estimate of drug-likeness (QED) is 0.184. The number of halogens is 1. The third-order valence-corrected chi connectivity index (χ3v) is 10.4. The molecule has 0 unspecified atom stereocenters. The van der Waals surface area contributed by atoms with Gasteiger partial charge in [-0.1, -0.05) is 74.0 Å². The number of rotatable bonds is 9. The van der Waals surface area contributed by atoms with E-state index in [1.54, 1.807) is 7.11 Å². The number of carbonyl (C=O) groups excluding carboxylic acids is 1. The first-order valence-electron chi connectivity index (χ1n) is 16.3. The Kier molecular flexibility index (Phi) is 9.65. The van der Waals surface area contributed by atoms with Gasteiger partial charge < -0.3 is 10.1 Å². The number of nitrogens with one attached hydrogen (secondary N) is 1. The standard InChI is InChI=1S/C37H43BrN4O2/c1-3-31(27-16-8-4-9-17-27)39-37(43)33-29-20-21-32(44-2)34(38)36(29)40-35(28-18-10-5-11-19-28)30(33)26-42(24-14-7-15-25-42)41-22-12-6-13-23-41/h4-5,8-11,16-21,31H,3,6-7,12-15,22-26H2,1-2H3/p+1/t31-/m0/s1. The van der Waals surface area contributed by atoms with E-state index >= 15 is 0 Å². The van der Waals surface area contributed by atoms with Crippen molar-refractivity contribution in [2.75, 3.05) is 33.3 Å². The van der Waals surface area contributed by atoms with Crippen molar-refractivity contribution in [3.8, 4) is 17.0 Å². The van der Waals surface area contributed by atoms with Gasteiger partial charge in [0.05, 0.1) is 47.5 Å². The van der Waals surface area contributed by atoms with Crippen LogP contribution in [0.4, 0.5) is 0 Å². The maximum atomic E-state index is 14.8. The van der Waals surface area contributed by atoms with Crippen LogP contribution >= 0.6 is 15.9 Å². The highest BCUT2D eigenvalue weighted by atomic mass is 79.9. The van der Waals surface area contributed by atoms with E-state index in [4.69, 9.17) is 9.72 Å². The number of piperidine rings is 2. The molecule has 1 atom stereocenters. The molecule has 0 aliphatic carbocycles. The van der Waals surface area contributed by atoms with E-state index in [1.807, 2.05) is 36.4 Å². The molecule has 230 valence electrons. The van der Waals surface area contributed by atoms with Crippen LogP contribution in [0.3, 0.4) is 0 Å². The Bertz CT molecular complexity index is 1580. The highest BCUT2D eigenvalue weighted by Gasteiger charge is 2.40. The van der Waals surface area contributed by atoms with Crippen molar-refractivity contribution in [3.63, 3.8) is 0 Å². The van der Waals surface area contributed by atoms with E-state index in [0.717, 1.165) is 87.1 Å². The summed E-state index contributed by atoms with van der Waals surface area (Å²) in [5.41, 5.74) is 5.53. The third-order valence-electron chi connectivity index (χ3n) is 9.60. The molecule has 6 nitrogen and oxygen atoms in total. The summed E-state index contributed by atoms with van der Waals surface area (Å²) < 4.78 is 7.36. The van der Waals surface area contributed by atoms with Gasteiger partial charge in [-0.25, -0.2) is 9.58 Å². The maximum absolute atomic E-state index is 14.8. The van der Waals surface area contributed by atoms with Gasteiger partial charge in [-0.15, -0.1) is 0 Å². The first kappa shape index (κ1) is 30.8. The number of carbonyl (C=O) groups is 1. The number of likely N-dealkylation sites (tertiary alicyclic amines) is 1. The molecule has 1 N–H and O–H groups in total. The van der Waals surface area contributed by atoms with Crippen LogP contribution < -0.4 is 10.1 Å². The number of ether oxygens (including phenoxy) is 1. The molecule has 2 saturated heterocycles. The van der Waals surface area contributed by atoms with Gasteiger partial charge in [0.25, 0.3) is 5.91 Å². The van der Waals surface area contributed by atoms with E-state index in [9.17, 15) is 4.79 Å². The summed E-state index contributed by atoms with van der Waals surface area (Å²) in [6.45, 7) is 7.30. The van der Waals surface area contributed by atoms with Crippen LogP contribution in [0.2, 0.25) is 0 Å². The largest absolute Gasteiger partial charge is 0.495 e. The number of nitrogens with zero attached hydrogens (tertiary/aromatic N) is 3. The molecule has 1 amide bonds. The fourth-order valence-corrected chi connectivity index (χ4v) is 7.89. The summed E-state index contributed by atoms with van der Waals surface area (Å²) >= 11 is 3.80. The molecule has 0 spiro atoms. The number of aromatic nitrogens is 1. The number of fused-ring (bicyclic) bond motifs is 1. The van der Waals surface area contributed by atoms with Crippen molar-refractivity contribution in [1.82, 2.24) is 15.3 Å². The molecule has 2 aliphatic heterocycles. The molecule has 2 aliphatic rings. The molecule has 0 bridgehead atoms. The van der Waals surface area contributed by atoms with Gasteiger partial charge in [-0.3, -0.25) is 4.79 Å². The number of hydrogen-bond acceptors (Lipinski definition) is 4. The smallest absolute Gasteiger partial charge is 0.253 e. The number of hydrogen-bond donors (Lipinski definition) is 1. The summed E-state index contributed by atoms with van der Waals surface area (Å²) in [5.74, 6) is 0.651. The molecule has 7 heteroatoms. The van der Waals surface area contributed by atoms with Gasteiger partial charge in [0.1, 0.15) is 12.3 Å². The number of quaternary nitrogens is 1. The lowest BCUT2D eigenvalue weighted by molar-refractivity contribution is -1.05. The normalized spacial score (nSPS) is 17.7. The van der Waals surface area contributed by atoms with E-state index in [-0.39, 0.29) is 11.9 Å². The predicted molar refractivity (Wildman–Crippen MR) is 181 cm³/mol. The Morgan fingerprint density at radius 1 is 0.932 bits per heavy atom. The van der Waals surface area contributed by atoms with Crippen LogP contribution in [-0.4, -0.2) is 53.8 Å². The van der Waals surface area contributed by atoms with E-state index < -0.39 is 0 Å². The third kappa shape index (κ3) is 6.15. The summed E-state index contributed by atoms with van der Waals surface area (Å²) in [4.78, 5) is 20.1. The van der Waals surface area contributed by atoms with Gasteiger partial charge in [-0.05, 0) is 72.2 Å². The second kappa shape index (κ2) is 13.8. The number of amides is 1. The lowest BCUT2D eigenvalue weighted by Crippen LogP contribution is -2.63. The van der Waals surface area contributed by atoms with Crippen LogP contribution in [0.5, 0.6) is 5.75 Å². The minimum Gasteiger partial charge on any atom is -0.495 e. The number of benzene rings is 3. The van der Waals surface area contributed by atoms with Crippen LogP contribution in [0.1, 0.15) is 79.4 Å². The van der Waals surface area contributed by atoms with Crippen molar-refractivity contribution >= 4 is 32.7 Å². The first-order valence-corrected chi connectivity index (χ1v) is 17.1. The Hall–Kier alpha value is -3.26. The molecule has 0 radical (unpaired) electrons. The van der Waals surface area contributed by atoms with Gasteiger partial charge >= 0.3 is 0 Å². The van der Waals surface area contributed by atoms with Crippen LogP contribution in [0.15, 0.2) is 77.3 Å². The minimum atomic E-state index is -0.0955. The second-order valence-corrected chi connectivity index (χ2v) is 13.1. The van der Waals surface area contributed by atoms with Crippen molar-refractivity contribution in [2.24, 2.45) is 0 Å². The summed E-state index contributed by atoms with van der Waals surface area (Å²) in [7, 11) is 1.67. The molecule has 3 aromatic carbocycles. The SMILES string of the molecule is CC[C@H](NC(=O)c1c(C[N+]2(N3CCCCC3)CCCCC2)c(-c2ccccc2)nc2c(Br)c(OC)ccc12)c1ccccc1. The Morgan fingerprint density at radius 3 is 2.25 bits per heavy atom. The van der Waals surface area contributed by atoms with Crippen LogP contribution in [-0.2, 0) is 6.54 Å². The molecule has 6 rings (SSSR count). The van der Waals surface area contributed by atoms with Crippen molar-refractivity contribution in [3.05, 3.63) is 94.0 Å². The summed E-state index contributed by atoms with van der Waals surface area (Å²) in [6.07, 6.45) is 8.23. The molecular formula is C37H44BrN4O2+. The van der Waals surface area contributed by atoms with E-state index in [1.165, 1.54) is 38.5 Å².